The first-order valence-electron chi connectivity index (χ1n) is 9.22. The maximum Gasteiger partial charge on any atom is 0.188 e. The van der Waals surface area contributed by atoms with Crippen LogP contribution in [0.1, 0.15) is 25.3 Å². The maximum atomic E-state index is 5.29. The fraction of sp³-hybridized carbons (Fsp3) is 0.381. The van der Waals surface area contributed by atoms with Crippen molar-refractivity contribution in [3.63, 3.8) is 0 Å². The number of thiazole rings is 1. The average Bonchev–Trinajstić information content (AvgIpc) is 3.06. The van der Waals surface area contributed by atoms with E-state index in [-0.39, 0.29) is 0 Å². The molecule has 0 aliphatic carbocycles. The van der Waals surface area contributed by atoms with Crippen LogP contribution in [0.2, 0.25) is 0 Å². The number of ether oxygens (including phenoxy) is 1. The standard InChI is InChI=1S/C21H25N3OS/c1-15-9-11-24(12-10-15)14-16-3-5-17(6-4-16)22-21-23-19-8-7-18(25-2)13-20(19)26-21/h3-8,13,15H,9-12,14H2,1-2H3,(H,22,23). The molecule has 26 heavy (non-hydrogen) atoms. The van der Waals surface area contributed by atoms with E-state index in [0.717, 1.165) is 39.2 Å². The highest BCUT2D eigenvalue weighted by Gasteiger charge is 2.15. The number of hydrogen-bond acceptors (Lipinski definition) is 5. The minimum Gasteiger partial charge on any atom is -0.497 e. The molecule has 5 heteroatoms. The van der Waals surface area contributed by atoms with Crippen LogP contribution in [0.25, 0.3) is 10.2 Å². The Morgan fingerprint density at radius 2 is 1.92 bits per heavy atom. The number of methoxy groups -OCH3 is 1. The first-order chi connectivity index (χ1) is 12.7. The monoisotopic (exact) mass is 367 g/mol. The fourth-order valence-electron chi connectivity index (χ4n) is 3.38. The van der Waals surface area contributed by atoms with Gasteiger partial charge in [0.1, 0.15) is 5.75 Å². The quantitative estimate of drug-likeness (QED) is 0.666. The smallest absolute Gasteiger partial charge is 0.188 e. The molecule has 4 nitrogen and oxygen atoms in total. The van der Waals surface area contributed by atoms with Crippen molar-refractivity contribution in [3.05, 3.63) is 48.0 Å². The summed E-state index contributed by atoms with van der Waals surface area (Å²) < 4.78 is 6.41. The van der Waals surface area contributed by atoms with Crippen LogP contribution in [-0.4, -0.2) is 30.1 Å². The summed E-state index contributed by atoms with van der Waals surface area (Å²) in [5.74, 6) is 1.75. The van der Waals surface area contributed by atoms with E-state index in [1.165, 1.54) is 31.5 Å². The van der Waals surface area contributed by atoms with Crippen LogP contribution in [0, 0.1) is 5.92 Å². The van der Waals surface area contributed by atoms with E-state index in [1.54, 1.807) is 18.4 Å². The summed E-state index contributed by atoms with van der Waals surface area (Å²) in [4.78, 5) is 7.21. The average molecular weight is 368 g/mol. The largest absolute Gasteiger partial charge is 0.497 e. The predicted molar refractivity (Wildman–Crippen MR) is 110 cm³/mol. The van der Waals surface area contributed by atoms with Gasteiger partial charge in [-0.15, -0.1) is 0 Å². The summed E-state index contributed by atoms with van der Waals surface area (Å²) in [5.41, 5.74) is 3.44. The highest BCUT2D eigenvalue weighted by atomic mass is 32.1. The highest BCUT2D eigenvalue weighted by Crippen LogP contribution is 2.31. The van der Waals surface area contributed by atoms with Gasteiger partial charge >= 0.3 is 0 Å². The summed E-state index contributed by atoms with van der Waals surface area (Å²) >= 11 is 1.64. The number of fused-ring (bicyclic) bond motifs is 1. The number of nitrogens with one attached hydrogen (secondary N) is 1. The second kappa shape index (κ2) is 7.64. The lowest BCUT2D eigenvalue weighted by atomic mass is 9.99. The van der Waals surface area contributed by atoms with Crippen molar-refractivity contribution in [3.8, 4) is 5.75 Å². The van der Waals surface area contributed by atoms with Crippen LogP contribution < -0.4 is 10.1 Å². The van der Waals surface area contributed by atoms with Gasteiger partial charge in [-0.3, -0.25) is 4.90 Å². The Morgan fingerprint density at radius 1 is 1.15 bits per heavy atom. The fourth-order valence-corrected chi connectivity index (χ4v) is 4.30. The van der Waals surface area contributed by atoms with Crippen LogP contribution in [-0.2, 0) is 6.54 Å². The van der Waals surface area contributed by atoms with Gasteiger partial charge in [-0.1, -0.05) is 30.4 Å². The van der Waals surface area contributed by atoms with Crippen molar-refractivity contribution in [2.24, 2.45) is 5.92 Å². The van der Waals surface area contributed by atoms with Gasteiger partial charge in [-0.25, -0.2) is 4.98 Å². The van der Waals surface area contributed by atoms with Crippen molar-refractivity contribution >= 4 is 32.4 Å². The number of anilines is 2. The minimum absolute atomic E-state index is 0.865. The molecular weight excluding hydrogens is 342 g/mol. The molecule has 1 aliphatic heterocycles. The molecule has 0 amide bonds. The van der Waals surface area contributed by atoms with Crippen LogP contribution >= 0.6 is 11.3 Å². The van der Waals surface area contributed by atoms with E-state index < -0.39 is 0 Å². The molecule has 1 N–H and O–H groups in total. The molecule has 0 saturated carbocycles. The summed E-state index contributed by atoms with van der Waals surface area (Å²) in [7, 11) is 1.69. The van der Waals surface area contributed by atoms with Crippen molar-refractivity contribution < 1.29 is 4.74 Å². The zero-order chi connectivity index (χ0) is 17.9. The number of benzene rings is 2. The molecule has 1 saturated heterocycles. The molecule has 4 rings (SSSR count). The van der Waals surface area contributed by atoms with E-state index >= 15 is 0 Å². The lowest BCUT2D eigenvalue weighted by molar-refractivity contribution is 0.185. The highest BCUT2D eigenvalue weighted by molar-refractivity contribution is 7.22. The SMILES string of the molecule is COc1ccc2nc(Nc3ccc(CN4CCC(C)CC4)cc3)sc2c1. The van der Waals surface area contributed by atoms with Gasteiger partial charge in [0.25, 0.3) is 0 Å². The second-order valence-corrected chi connectivity index (χ2v) is 8.16. The Labute approximate surface area is 158 Å². The Balaban J connectivity index is 1.41. The van der Waals surface area contributed by atoms with E-state index in [1.807, 2.05) is 18.2 Å². The predicted octanol–water partition coefficient (Wildman–Crippen LogP) is 5.28. The van der Waals surface area contributed by atoms with Gasteiger partial charge in [-0.05, 0) is 67.7 Å². The zero-order valence-corrected chi connectivity index (χ0v) is 16.2. The third-order valence-corrected chi connectivity index (χ3v) is 6.02. The van der Waals surface area contributed by atoms with Crippen molar-refractivity contribution in [1.29, 1.82) is 0 Å². The molecule has 1 aromatic heterocycles. The van der Waals surface area contributed by atoms with Gasteiger partial charge in [0, 0.05) is 12.2 Å². The molecule has 0 unspecified atom stereocenters. The molecule has 2 aromatic carbocycles. The topological polar surface area (TPSA) is 37.4 Å². The van der Waals surface area contributed by atoms with E-state index in [9.17, 15) is 0 Å². The molecule has 3 aromatic rings. The molecule has 0 spiro atoms. The Bertz CT molecular complexity index is 867. The first-order valence-corrected chi connectivity index (χ1v) is 10.0. The lowest BCUT2D eigenvalue weighted by Gasteiger charge is -2.30. The minimum atomic E-state index is 0.865. The Morgan fingerprint density at radius 3 is 2.65 bits per heavy atom. The van der Waals surface area contributed by atoms with E-state index in [0.29, 0.717) is 0 Å². The summed E-state index contributed by atoms with van der Waals surface area (Å²) in [6, 6.07) is 14.7. The van der Waals surface area contributed by atoms with Crippen molar-refractivity contribution in [2.45, 2.75) is 26.3 Å². The molecule has 136 valence electrons. The van der Waals surface area contributed by atoms with Crippen LogP contribution in [0.5, 0.6) is 5.75 Å². The molecule has 1 fully saturated rings. The number of piperidine rings is 1. The van der Waals surface area contributed by atoms with Crippen LogP contribution in [0.15, 0.2) is 42.5 Å². The third kappa shape index (κ3) is 4.00. The van der Waals surface area contributed by atoms with Crippen LogP contribution in [0.3, 0.4) is 0 Å². The molecule has 1 aliphatic rings. The number of hydrogen-bond donors (Lipinski definition) is 1. The molecule has 0 atom stereocenters. The van der Waals surface area contributed by atoms with Gasteiger partial charge in [-0.2, -0.15) is 0 Å². The Hall–Kier alpha value is -2.11. The summed E-state index contributed by atoms with van der Waals surface area (Å²) in [6.45, 7) is 5.84. The van der Waals surface area contributed by atoms with Gasteiger partial charge in [0.2, 0.25) is 0 Å². The number of rotatable bonds is 5. The maximum absolute atomic E-state index is 5.29. The number of nitrogens with zero attached hydrogens (tertiary/aromatic N) is 2. The van der Waals surface area contributed by atoms with Crippen molar-refractivity contribution in [2.75, 3.05) is 25.5 Å². The van der Waals surface area contributed by atoms with Crippen LogP contribution in [0.4, 0.5) is 10.8 Å². The molecule has 0 radical (unpaired) electrons. The van der Waals surface area contributed by atoms with Crippen molar-refractivity contribution in [1.82, 2.24) is 9.88 Å². The van der Waals surface area contributed by atoms with E-state index in [4.69, 9.17) is 4.74 Å². The number of likely N-dealkylation sites (tertiary alicyclic amines) is 1. The molecule has 0 bridgehead atoms. The van der Waals surface area contributed by atoms with E-state index in [2.05, 4.69) is 46.4 Å². The molecular formula is C21H25N3OS. The second-order valence-electron chi connectivity index (χ2n) is 7.13. The zero-order valence-electron chi connectivity index (χ0n) is 15.4. The summed E-state index contributed by atoms with van der Waals surface area (Å²) in [5, 5.41) is 4.33. The molecule has 2 heterocycles. The normalized spacial score (nSPS) is 16.1. The Kier molecular flexibility index (Phi) is 5.09. The lowest BCUT2D eigenvalue weighted by Crippen LogP contribution is -2.32. The summed E-state index contributed by atoms with van der Waals surface area (Å²) in [6.07, 6.45) is 2.64. The van der Waals surface area contributed by atoms with Gasteiger partial charge in [0.15, 0.2) is 5.13 Å². The third-order valence-electron chi connectivity index (χ3n) is 5.08. The van der Waals surface area contributed by atoms with Gasteiger partial charge < -0.3 is 10.1 Å². The number of aromatic nitrogens is 1. The first kappa shape index (κ1) is 17.3. The van der Waals surface area contributed by atoms with Gasteiger partial charge in [0.05, 0.1) is 17.3 Å².